The van der Waals surface area contributed by atoms with Crippen LogP contribution in [0.25, 0.3) is 0 Å². The average molecular weight is 319 g/mol. The average Bonchev–Trinajstić information content (AvgIpc) is 2.74. The van der Waals surface area contributed by atoms with E-state index < -0.39 is 12.5 Å². The van der Waals surface area contributed by atoms with Crippen LogP contribution >= 0.6 is 27.3 Å². The predicted molar refractivity (Wildman–Crippen MR) is 67.5 cm³/mol. The van der Waals surface area contributed by atoms with Gasteiger partial charge in [0.15, 0.2) is 0 Å². The molecule has 90 valence electrons. The van der Waals surface area contributed by atoms with Crippen LogP contribution in [-0.2, 0) is 0 Å². The summed E-state index contributed by atoms with van der Waals surface area (Å²) < 4.78 is 25.9. The van der Waals surface area contributed by atoms with E-state index >= 15 is 0 Å². The van der Waals surface area contributed by atoms with Gasteiger partial charge in [0.05, 0.1) is 4.88 Å². The summed E-state index contributed by atoms with van der Waals surface area (Å²) in [6, 6.07) is 7.68. The number of thiophene rings is 1. The number of aliphatic hydroxyl groups excluding tert-OH is 1. The first-order valence-electron chi connectivity index (χ1n) is 4.88. The number of rotatable bonds is 3. The maximum absolute atomic E-state index is 12.5. The smallest absolute Gasteiger partial charge is 0.263 e. The molecule has 17 heavy (non-hydrogen) atoms. The molecule has 2 aromatic rings. The van der Waals surface area contributed by atoms with Crippen molar-refractivity contribution in [3.05, 3.63) is 56.2 Å². The summed E-state index contributed by atoms with van der Waals surface area (Å²) >= 11 is 4.70. The van der Waals surface area contributed by atoms with Gasteiger partial charge in [-0.2, -0.15) is 0 Å². The summed E-state index contributed by atoms with van der Waals surface area (Å²) in [6.07, 6.45) is -3.39. The Hall–Kier alpha value is -0.780. The number of benzene rings is 1. The lowest BCUT2D eigenvalue weighted by atomic mass is 10.1. The molecule has 1 aromatic carbocycles. The monoisotopic (exact) mass is 318 g/mol. The van der Waals surface area contributed by atoms with Crippen molar-refractivity contribution in [2.24, 2.45) is 0 Å². The van der Waals surface area contributed by atoms with Gasteiger partial charge in [-0.1, -0.05) is 18.2 Å². The topological polar surface area (TPSA) is 20.2 Å². The highest BCUT2D eigenvalue weighted by atomic mass is 79.9. The summed E-state index contributed by atoms with van der Waals surface area (Å²) in [6.45, 7) is 0. The zero-order chi connectivity index (χ0) is 12.4. The Kier molecular flexibility index (Phi) is 3.91. The molecule has 1 N–H and O–H groups in total. The van der Waals surface area contributed by atoms with Gasteiger partial charge in [0.1, 0.15) is 6.10 Å². The van der Waals surface area contributed by atoms with E-state index in [9.17, 15) is 13.9 Å². The Bertz CT molecular complexity index is 513. The Morgan fingerprint density at radius 2 is 1.88 bits per heavy atom. The van der Waals surface area contributed by atoms with Gasteiger partial charge in [-0.15, -0.1) is 11.3 Å². The van der Waals surface area contributed by atoms with Gasteiger partial charge in [-0.3, -0.25) is 0 Å². The number of halogens is 3. The fourth-order valence-corrected chi connectivity index (χ4v) is 3.12. The minimum atomic E-state index is -2.52. The zero-order valence-electron chi connectivity index (χ0n) is 8.61. The van der Waals surface area contributed by atoms with Gasteiger partial charge in [0.25, 0.3) is 6.43 Å². The van der Waals surface area contributed by atoms with Crippen LogP contribution in [0, 0.1) is 0 Å². The van der Waals surface area contributed by atoms with E-state index in [1.165, 1.54) is 29.5 Å². The number of alkyl halides is 2. The van der Waals surface area contributed by atoms with Gasteiger partial charge >= 0.3 is 0 Å². The molecule has 0 fully saturated rings. The molecule has 5 heteroatoms. The normalized spacial score (nSPS) is 13.0. The highest BCUT2D eigenvalue weighted by Gasteiger charge is 2.16. The van der Waals surface area contributed by atoms with Crippen molar-refractivity contribution in [2.45, 2.75) is 12.5 Å². The van der Waals surface area contributed by atoms with E-state index in [-0.39, 0.29) is 5.56 Å². The molecule has 0 radical (unpaired) electrons. The van der Waals surface area contributed by atoms with Crippen LogP contribution in [-0.4, -0.2) is 5.11 Å². The van der Waals surface area contributed by atoms with Gasteiger partial charge < -0.3 is 5.11 Å². The van der Waals surface area contributed by atoms with Crippen molar-refractivity contribution in [3.63, 3.8) is 0 Å². The second kappa shape index (κ2) is 5.25. The van der Waals surface area contributed by atoms with E-state index in [0.29, 0.717) is 5.56 Å². The van der Waals surface area contributed by atoms with Crippen molar-refractivity contribution < 1.29 is 13.9 Å². The molecular weight excluding hydrogens is 310 g/mol. The zero-order valence-corrected chi connectivity index (χ0v) is 11.0. The van der Waals surface area contributed by atoms with E-state index in [4.69, 9.17) is 0 Å². The molecule has 1 atom stereocenters. The van der Waals surface area contributed by atoms with Crippen LogP contribution in [0.5, 0.6) is 0 Å². The first-order chi connectivity index (χ1) is 8.09. The lowest BCUT2D eigenvalue weighted by molar-refractivity contribution is 0.150. The third-order valence-electron chi connectivity index (χ3n) is 2.37. The fraction of sp³-hybridized carbons (Fsp3) is 0.167. The number of hydrogen-bond donors (Lipinski definition) is 1. The van der Waals surface area contributed by atoms with Crippen LogP contribution in [0.1, 0.15) is 28.5 Å². The fourth-order valence-electron chi connectivity index (χ4n) is 1.52. The minimum Gasteiger partial charge on any atom is -0.383 e. The summed E-state index contributed by atoms with van der Waals surface area (Å²) in [4.78, 5) is 0.719. The molecule has 1 heterocycles. The number of hydrogen-bond acceptors (Lipinski definition) is 2. The maximum Gasteiger partial charge on any atom is 0.263 e. The molecule has 1 unspecified atom stereocenters. The first kappa shape index (κ1) is 12.7. The molecule has 0 amide bonds. The summed E-state index contributed by atoms with van der Waals surface area (Å²) in [5, 5.41) is 11.9. The van der Waals surface area contributed by atoms with Crippen LogP contribution in [0.3, 0.4) is 0 Å². The molecule has 0 spiro atoms. The molecule has 0 saturated heterocycles. The van der Waals surface area contributed by atoms with E-state index in [2.05, 4.69) is 15.9 Å². The molecule has 1 nitrogen and oxygen atoms in total. The van der Waals surface area contributed by atoms with Gasteiger partial charge in [0.2, 0.25) is 0 Å². The maximum atomic E-state index is 12.5. The molecule has 1 aromatic heterocycles. The van der Waals surface area contributed by atoms with Gasteiger partial charge in [-0.25, -0.2) is 8.78 Å². The highest BCUT2D eigenvalue weighted by Crippen LogP contribution is 2.34. The lowest BCUT2D eigenvalue weighted by Crippen LogP contribution is -1.99. The molecule has 2 rings (SSSR count). The summed E-state index contributed by atoms with van der Waals surface area (Å²) in [5.74, 6) is 0. The third-order valence-corrected chi connectivity index (χ3v) is 4.29. The van der Waals surface area contributed by atoms with Crippen LogP contribution in [0.4, 0.5) is 8.78 Å². The SMILES string of the molecule is OC(c1cccc(C(F)F)c1)c1sccc1Br. The van der Waals surface area contributed by atoms with Crippen molar-refractivity contribution in [2.75, 3.05) is 0 Å². The molecule has 0 aliphatic carbocycles. The molecule has 0 aliphatic heterocycles. The standard InChI is InChI=1S/C12H9BrF2OS/c13-9-4-5-17-11(9)10(16)7-2-1-3-8(6-7)12(14)15/h1-6,10,12,16H. The highest BCUT2D eigenvalue weighted by molar-refractivity contribution is 9.10. The van der Waals surface area contributed by atoms with E-state index in [0.717, 1.165) is 9.35 Å². The van der Waals surface area contributed by atoms with Crippen LogP contribution in [0.2, 0.25) is 0 Å². The summed E-state index contributed by atoms with van der Waals surface area (Å²) in [7, 11) is 0. The lowest BCUT2D eigenvalue weighted by Gasteiger charge is -2.11. The Balaban J connectivity index is 2.34. The van der Waals surface area contributed by atoms with Gasteiger partial charge in [-0.05, 0) is 39.0 Å². The second-order valence-electron chi connectivity index (χ2n) is 3.51. The van der Waals surface area contributed by atoms with Crippen LogP contribution in [0.15, 0.2) is 40.2 Å². The van der Waals surface area contributed by atoms with Crippen molar-refractivity contribution in [1.82, 2.24) is 0 Å². The summed E-state index contributed by atoms with van der Waals surface area (Å²) in [5.41, 5.74) is 0.403. The second-order valence-corrected chi connectivity index (χ2v) is 5.31. The Morgan fingerprint density at radius 1 is 1.18 bits per heavy atom. The van der Waals surface area contributed by atoms with Crippen molar-refractivity contribution >= 4 is 27.3 Å². The van der Waals surface area contributed by atoms with Crippen molar-refractivity contribution in [1.29, 1.82) is 0 Å². The Morgan fingerprint density at radius 3 is 2.47 bits per heavy atom. The predicted octanol–water partition coefficient (Wildman–Crippen LogP) is 4.53. The number of aliphatic hydroxyl groups is 1. The quantitative estimate of drug-likeness (QED) is 0.881. The Labute approximate surface area is 110 Å². The van der Waals surface area contributed by atoms with E-state index in [1.807, 2.05) is 11.4 Å². The third kappa shape index (κ3) is 2.73. The largest absolute Gasteiger partial charge is 0.383 e. The molecule has 0 aliphatic rings. The van der Waals surface area contributed by atoms with Crippen molar-refractivity contribution in [3.8, 4) is 0 Å². The first-order valence-corrected chi connectivity index (χ1v) is 6.56. The molecule has 0 saturated carbocycles. The molecular formula is C12H9BrF2OS. The van der Waals surface area contributed by atoms with E-state index in [1.54, 1.807) is 6.07 Å². The van der Waals surface area contributed by atoms with Gasteiger partial charge in [0, 0.05) is 10.0 Å². The minimum absolute atomic E-state index is 0.0748. The molecule has 0 bridgehead atoms. The van der Waals surface area contributed by atoms with Crippen LogP contribution < -0.4 is 0 Å².